The highest BCUT2D eigenvalue weighted by molar-refractivity contribution is 5.88. The normalized spacial score (nSPS) is 16.3. The molecule has 0 bridgehead atoms. The zero-order valence-corrected chi connectivity index (χ0v) is 9.47. The minimum absolute atomic E-state index is 0.0948. The van der Waals surface area contributed by atoms with Crippen LogP contribution < -0.4 is 0 Å². The summed E-state index contributed by atoms with van der Waals surface area (Å²) in [5.74, 6) is -1.26. The van der Waals surface area contributed by atoms with Crippen molar-refractivity contribution >= 4 is 11.9 Å². The van der Waals surface area contributed by atoms with Crippen LogP contribution in [-0.2, 0) is 14.9 Å². The van der Waals surface area contributed by atoms with E-state index < -0.39 is 11.9 Å². The fourth-order valence-corrected chi connectivity index (χ4v) is 1.91. The van der Waals surface area contributed by atoms with Crippen LogP contribution in [0.4, 0.5) is 0 Å². The molecule has 1 saturated carbocycles. The maximum Gasteiger partial charge on any atom is 0.339 e. The summed E-state index contributed by atoms with van der Waals surface area (Å²) in [6.07, 6.45) is 3.20. The maximum absolute atomic E-state index is 11.2. The number of carbonyl (C=O) groups is 2. The number of hydrogen-bond acceptors (Lipinski definition) is 4. The highest BCUT2D eigenvalue weighted by atomic mass is 16.5. The summed E-state index contributed by atoms with van der Waals surface area (Å²) in [7, 11) is 1.31. The van der Waals surface area contributed by atoms with Gasteiger partial charge in [-0.15, -0.1) is 0 Å². The van der Waals surface area contributed by atoms with Gasteiger partial charge in [0.05, 0.1) is 19.1 Å². The van der Waals surface area contributed by atoms with E-state index in [0.29, 0.717) is 5.56 Å². The molecule has 1 aromatic heterocycles. The molecule has 0 radical (unpaired) electrons. The maximum atomic E-state index is 11.2. The molecule has 1 aromatic rings. The van der Waals surface area contributed by atoms with Crippen LogP contribution in [0.25, 0.3) is 0 Å². The van der Waals surface area contributed by atoms with Gasteiger partial charge in [0, 0.05) is 17.3 Å². The Morgan fingerprint density at radius 2 is 2.18 bits per heavy atom. The van der Waals surface area contributed by atoms with E-state index in [2.05, 4.69) is 9.72 Å². The van der Waals surface area contributed by atoms with Crippen LogP contribution in [0, 0.1) is 0 Å². The lowest BCUT2D eigenvalue weighted by molar-refractivity contribution is -0.137. The molecule has 0 unspecified atom stereocenters. The van der Waals surface area contributed by atoms with Gasteiger partial charge in [0.1, 0.15) is 0 Å². The number of ether oxygens (including phenoxy) is 1. The Morgan fingerprint density at radius 3 is 2.59 bits per heavy atom. The van der Waals surface area contributed by atoms with Gasteiger partial charge < -0.3 is 9.84 Å². The molecule has 0 saturated heterocycles. The van der Waals surface area contributed by atoms with Crippen LogP contribution in [0.1, 0.15) is 35.3 Å². The average Bonchev–Trinajstić information content (AvgIpc) is 3.08. The van der Waals surface area contributed by atoms with Crippen LogP contribution >= 0.6 is 0 Å². The zero-order valence-electron chi connectivity index (χ0n) is 9.47. The van der Waals surface area contributed by atoms with E-state index in [9.17, 15) is 9.59 Å². The SMILES string of the molecule is COC(=O)c1ccc(C2(CC(=O)O)CC2)nc1. The first-order valence-corrected chi connectivity index (χ1v) is 5.34. The van der Waals surface area contributed by atoms with Crippen LogP contribution in [0.15, 0.2) is 18.3 Å². The number of carbonyl (C=O) groups excluding carboxylic acids is 1. The van der Waals surface area contributed by atoms with E-state index >= 15 is 0 Å². The third-order valence-corrected chi connectivity index (χ3v) is 3.07. The lowest BCUT2D eigenvalue weighted by atomic mass is 9.97. The first kappa shape index (κ1) is 11.6. The lowest BCUT2D eigenvalue weighted by Crippen LogP contribution is -2.15. The number of aromatic nitrogens is 1. The second-order valence-electron chi connectivity index (χ2n) is 4.27. The van der Waals surface area contributed by atoms with Gasteiger partial charge in [-0.1, -0.05) is 0 Å². The number of pyridine rings is 1. The van der Waals surface area contributed by atoms with E-state index in [1.54, 1.807) is 12.1 Å². The van der Waals surface area contributed by atoms with E-state index in [-0.39, 0.29) is 11.8 Å². The Labute approximate surface area is 98.4 Å². The molecule has 90 valence electrons. The average molecular weight is 235 g/mol. The highest BCUT2D eigenvalue weighted by Crippen LogP contribution is 2.50. The monoisotopic (exact) mass is 235 g/mol. The molecule has 17 heavy (non-hydrogen) atoms. The molecule has 0 amide bonds. The fourth-order valence-electron chi connectivity index (χ4n) is 1.91. The Bertz CT molecular complexity index is 448. The highest BCUT2D eigenvalue weighted by Gasteiger charge is 2.47. The van der Waals surface area contributed by atoms with Crippen LogP contribution in [0.3, 0.4) is 0 Å². The third-order valence-electron chi connectivity index (χ3n) is 3.07. The van der Waals surface area contributed by atoms with Crippen molar-refractivity contribution in [1.29, 1.82) is 0 Å². The van der Waals surface area contributed by atoms with Crippen LogP contribution in [0.2, 0.25) is 0 Å². The second-order valence-corrected chi connectivity index (χ2v) is 4.27. The van der Waals surface area contributed by atoms with Crippen molar-refractivity contribution in [3.05, 3.63) is 29.6 Å². The molecule has 0 aromatic carbocycles. The number of rotatable bonds is 4. The summed E-state index contributed by atoms with van der Waals surface area (Å²) in [5.41, 5.74) is 0.801. The van der Waals surface area contributed by atoms with E-state index in [4.69, 9.17) is 5.11 Å². The van der Waals surface area contributed by atoms with Gasteiger partial charge in [-0.2, -0.15) is 0 Å². The summed E-state index contributed by atoms with van der Waals surface area (Å²) < 4.78 is 4.57. The Balaban J connectivity index is 2.18. The number of carboxylic acids is 1. The molecule has 0 spiro atoms. The van der Waals surface area contributed by atoms with Crippen molar-refractivity contribution in [2.24, 2.45) is 0 Å². The Kier molecular flexibility index (Phi) is 2.83. The van der Waals surface area contributed by atoms with Crippen molar-refractivity contribution in [1.82, 2.24) is 4.98 Å². The van der Waals surface area contributed by atoms with Crippen molar-refractivity contribution in [2.45, 2.75) is 24.7 Å². The molecule has 1 heterocycles. The van der Waals surface area contributed by atoms with Crippen LogP contribution in [0.5, 0.6) is 0 Å². The van der Waals surface area contributed by atoms with Crippen molar-refractivity contribution < 1.29 is 19.4 Å². The molecule has 1 aliphatic carbocycles. The molecule has 5 nitrogen and oxygen atoms in total. The number of carboxylic acid groups (broad SMARTS) is 1. The molecule has 2 rings (SSSR count). The largest absolute Gasteiger partial charge is 0.481 e. The van der Waals surface area contributed by atoms with Gasteiger partial charge in [-0.3, -0.25) is 9.78 Å². The molecule has 5 heteroatoms. The number of hydrogen-bond donors (Lipinski definition) is 1. The summed E-state index contributed by atoms with van der Waals surface area (Å²) in [6, 6.07) is 3.33. The quantitative estimate of drug-likeness (QED) is 0.798. The van der Waals surface area contributed by atoms with Gasteiger partial charge in [0.15, 0.2) is 0 Å². The fraction of sp³-hybridized carbons (Fsp3) is 0.417. The molecule has 0 aliphatic heterocycles. The Morgan fingerprint density at radius 1 is 1.47 bits per heavy atom. The predicted molar refractivity (Wildman–Crippen MR) is 58.7 cm³/mol. The Hall–Kier alpha value is -1.91. The van der Waals surface area contributed by atoms with Crippen molar-refractivity contribution in [3.63, 3.8) is 0 Å². The van der Waals surface area contributed by atoms with Crippen LogP contribution in [-0.4, -0.2) is 29.1 Å². The lowest BCUT2D eigenvalue weighted by Gasteiger charge is -2.11. The number of esters is 1. The smallest absolute Gasteiger partial charge is 0.339 e. The van der Waals surface area contributed by atoms with E-state index in [0.717, 1.165) is 18.5 Å². The van der Waals surface area contributed by atoms with E-state index in [1.807, 2.05) is 0 Å². The minimum atomic E-state index is -0.818. The zero-order chi connectivity index (χ0) is 12.5. The second kappa shape index (κ2) is 4.16. The molecule has 0 atom stereocenters. The van der Waals surface area contributed by atoms with Gasteiger partial charge in [-0.05, 0) is 25.0 Å². The van der Waals surface area contributed by atoms with Gasteiger partial charge in [-0.25, -0.2) is 4.79 Å². The molecular formula is C12H13NO4. The first-order chi connectivity index (χ1) is 8.07. The van der Waals surface area contributed by atoms with Crippen molar-refractivity contribution in [2.75, 3.05) is 7.11 Å². The van der Waals surface area contributed by atoms with Gasteiger partial charge in [0.25, 0.3) is 0 Å². The standard InChI is InChI=1S/C12H13NO4/c1-17-11(16)8-2-3-9(13-7-8)12(4-5-12)6-10(14)15/h2-3,7H,4-6H2,1H3,(H,14,15). The minimum Gasteiger partial charge on any atom is -0.481 e. The topological polar surface area (TPSA) is 76.5 Å². The molecule has 1 N–H and O–H groups in total. The predicted octanol–water partition coefficient (Wildman–Crippen LogP) is 1.37. The van der Waals surface area contributed by atoms with E-state index in [1.165, 1.54) is 13.3 Å². The third kappa shape index (κ3) is 2.27. The van der Waals surface area contributed by atoms with Gasteiger partial charge in [0.2, 0.25) is 0 Å². The summed E-state index contributed by atoms with van der Waals surface area (Å²) in [5, 5.41) is 8.83. The molecule has 1 fully saturated rings. The number of methoxy groups -OCH3 is 1. The summed E-state index contributed by atoms with van der Waals surface area (Å²) >= 11 is 0. The number of nitrogens with zero attached hydrogens (tertiary/aromatic N) is 1. The van der Waals surface area contributed by atoms with Crippen molar-refractivity contribution in [3.8, 4) is 0 Å². The van der Waals surface area contributed by atoms with Gasteiger partial charge >= 0.3 is 11.9 Å². The first-order valence-electron chi connectivity index (χ1n) is 5.34. The molecular weight excluding hydrogens is 222 g/mol. The summed E-state index contributed by atoms with van der Waals surface area (Å²) in [4.78, 5) is 26.1. The molecule has 1 aliphatic rings. The number of aliphatic carboxylic acids is 1. The summed E-state index contributed by atoms with van der Waals surface area (Å²) in [6.45, 7) is 0.